The summed E-state index contributed by atoms with van der Waals surface area (Å²) < 4.78 is 35.2. The van der Waals surface area contributed by atoms with Crippen LogP contribution < -0.4 is 0 Å². The summed E-state index contributed by atoms with van der Waals surface area (Å²) in [5.74, 6) is -1.18. The average Bonchev–Trinajstić information content (AvgIpc) is 2.85. The van der Waals surface area contributed by atoms with Crippen LogP contribution in [0, 0.1) is 11.6 Å². The van der Waals surface area contributed by atoms with Gasteiger partial charge in [0.25, 0.3) is 0 Å². The topological polar surface area (TPSA) is 27.1 Å². The number of rotatable bonds is 6. The van der Waals surface area contributed by atoms with Crippen molar-refractivity contribution in [1.82, 2.24) is 9.78 Å². The van der Waals surface area contributed by atoms with Crippen LogP contribution in [-0.4, -0.2) is 24.5 Å². The molecule has 0 saturated carbocycles. The molecule has 0 amide bonds. The zero-order valence-corrected chi connectivity index (χ0v) is 17.6. The van der Waals surface area contributed by atoms with Gasteiger partial charge in [0.2, 0.25) is 0 Å². The standard InChI is InChI=1S/C19H21BrF2N2OSi/c1-26(2,3)7-6-25-12-24-18-5-4-13(10-17(18)19(20)23-24)14-8-15(21)11-16(22)9-14/h4-5,8-11H,6-7,12H2,1-3H3. The highest BCUT2D eigenvalue weighted by Crippen LogP contribution is 2.30. The molecule has 3 nitrogen and oxygen atoms in total. The van der Waals surface area contributed by atoms with E-state index in [4.69, 9.17) is 4.74 Å². The second-order valence-electron chi connectivity index (χ2n) is 7.53. The van der Waals surface area contributed by atoms with Crippen LogP contribution in [0.1, 0.15) is 0 Å². The number of hydrogen-bond acceptors (Lipinski definition) is 2. The minimum absolute atomic E-state index is 0.376. The second-order valence-corrected chi connectivity index (χ2v) is 13.9. The molecule has 0 bridgehead atoms. The highest BCUT2D eigenvalue weighted by atomic mass is 79.9. The Hall–Kier alpha value is -1.57. The van der Waals surface area contributed by atoms with E-state index in [-0.39, 0.29) is 0 Å². The van der Waals surface area contributed by atoms with Gasteiger partial charge in [-0.1, -0.05) is 25.7 Å². The number of halogens is 3. The quantitative estimate of drug-likeness (QED) is 0.345. The fourth-order valence-electron chi connectivity index (χ4n) is 2.67. The van der Waals surface area contributed by atoms with Crippen molar-refractivity contribution in [3.8, 4) is 11.1 Å². The molecule has 0 unspecified atom stereocenters. The second kappa shape index (κ2) is 7.58. The fourth-order valence-corrected chi connectivity index (χ4v) is 3.93. The lowest BCUT2D eigenvalue weighted by atomic mass is 10.0. The first kappa shape index (κ1) is 19.2. The Balaban J connectivity index is 1.84. The average molecular weight is 439 g/mol. The Morgan fingerprint density at radius 3 is 2.38 bits per heavy atom. The van der Waals surface area contributed by atoms with Crippen molar-refractivity contribution in [2.45, 2.75) is 32.4 Å². The molecule has 7 heteroatoms. The van der Waals surface area contributed by atoms with Crippen LogP contribution in [0.15, 0.2) is 41.0 Å². The highest BCUT2D eigenvalue weighted by molar-refractivity contribution is 9.10. The first-order valence-corrected chi connectivity index (χ1v) is 12.9. The lowest BCUT2D eigenvalue weighted by Crippen LogP contribution is -2.22. The van der Waals surface area contributed by atoms with E-state index in [2.05, 4.69) is 40.7 Å². The monoisotopic (exact) mass is 438 g/mol. The van der Waals surface area contributed by atoms with E-state index in [9.17, 15) is 8.78 Å². The molecule has 0 spiro atoms. The minimum Gasteiger partial charge on any atom is -0.360 e. The van der Waals surface area contributed by atoms with Crippen molar-refractivity contribution < 1.29 is 13.5 Å². The van der Waals surface area contributed by atoms with E-state index in [1.165, 1.54) is 12.1 Å². The van der Waals surface area contributed by atoms with Crippen LogP contribution in [0.2, 0.25) is 25.7 Å². The number of aromatic nitrogens is 2. The Labute approximate surface area is 161 Å². The molecule has 1 heterocycles. The van der Waals surface area contributed by atoms with Gasteiger partial charge in [0.15, 0.2) is 0 Å². The maximum Gasteiger partial charge on any atom is 0.140 e. The molecular formula is C19H21BrF2N2OSi. The molecule has 26 heavy (non-hydrogen) atoms. The van der Waals surface area contributed by atoms with E-state index in [1.54, 1.807) is 4.68 Å². The van der Waals surface area contributed by atoms with Crippen LogP contribution in [0.25, 0.3) is 22.0 Å². The van der Waals surface area contributed by atoms with E-state index in [0.717, 1.165) is 35.2 Å². The Kier molecular flexibility index (Phi) is 5.60. The van der Waals surface area contributed by atoms with Crippen molar-refractivity contribution in [2.75, 3.05) is 6.61 Å². The molecule has 0 aliphatic rings. The lowest BCUT2D eigenvalue weighted by molar-refractivity contribution is 0.0815. The van der Waals surface area contributed by atoms with E-state index >= 15 is 0 Å². The van der Waals surface area contributed by atoms with Crippen molar-refractivity contribution in [2.24, 2.45) is 0 Å². The first-order valence-electron chi connectivity index (χ1n) is 8.43. The number of nitrogens with zero attached hydrogens (tertiary/aromatic N) is 2. The molecule has 3 aromatic rings. The van der Waals surface area contributed by atoms with Gasteiger partial charge < -0.3 is 4.74 Å². The Morgan fingerprint density at radius 1 is 1.04 bits per heavy atom. The van der Waals surface area contributed by atoms with Crippen LogP contribution in [-0.2, 0) is 11.5 Å². The highest BCUT2D eigenvalue weighted by Gasteiger charge is 2.14. The smallest absolute Gasteiger partial charge is 0.140 e. The van der Waals surface area contributed by atoms with Gasteiger partial charge in [-0.15, -0.1) is 0 Å². The zero-order chi connectivity index (χ0) is 18.9. The summed E-state index contributed by atoms with van der Waals surface area (Å²) in [6.07, 6.45) is 0. The molecule has 0 N–H and O–H groups in total. The lowest BCUT2D eigenvalue weighted by Gasteiger charge is -2.15. The van der Waals surface area contributed by atoms with Gasteiger partial charge in [-0.25, -0.2) is 13.5 Å². The summed E-state index contributed by atoms with van der Waals surface area (Å²) in [4.78, 5) is 0. The van der Waals surface area contributed by atoms with E-state index < -0.39 is 19.7 Å². The molecule has 0 radical (unpaired) electrons. The van der Waals surface area contributed by atoms with Gasteiger partial charge in [-0.2, -0.15) is 5.10 Å². The molecule has 138 valence electrons. The molecule has 0 fully saturated rings. The molecule has 2 aromatic carbocycles. The summed E-state index contributed by atoms with van der Waals surface area (Å²) in [5.41, 5.74) is 2.14. The van der Waals surface area contributed by atoms with E-state index in [0.29, 0.717) is 16.9 Å². The third-order valence-corrected chi connectivity index (χ3v) is 6.40. The Bertz CT molecular complexity index is 917. The minimum atomic E-state index is -1.12. The molecule has 0 atom stereocenters. The molecule has 0 saturated heterocycles. The number of ether oxygens (including phenoxy) is 1. The molecule has 1 aromatic heterocycles. The predicted molar refractivity (Wildman–Crippen MR) is 107 cm³/mol. The molecule has 3 rings (SSSR count). The van der Waals surface area contributed by atoms with Gasteiger partial charge in [0.1, 0.15) is 23.0 Å². The van der Waals surface area contributed by atoms with Gasteiger partial charge in [0, 0.05) is 26.1 Å². The van der Waals surface area contributed by atoms with Crippen molar-refractivity contribution in [3.05, 3.63) is 52.6 Å². The SMILES string of the molecule is C[Si](C)(C)CCOCn1nc(Br)c2cc(-c3cc(F)cc(F)c3)ccc21. The van der Waals surface area contributed by atoms with Crippen LogP contribution in [0.3, 0.4) is 0 Å². The van der Waals surface area contributed by atoms with Crippen LogP contribution >= 0.6 is 15.9 Å². The molecule has 0 aliphatic carbocycles. The van der Waals surface area contributed by atoms with Crippen LogP contribution in [0.4, 0.5) is 8.78 Å². The van der Waals surface area contributed by atoms with Crippen LogP contribution in [0.5, 0.6) is 0 Å². The maximum absolute atomic E-state index is 13.5. The first-order chi connectivity index (χ1) is 12.2. The summed E-state index contributed by atoms with van der Waals surface area (Å²) in [6, 6.07) is 10.2. The van der Waals surface area contributed by atoms with Crippen molar-refractivity contribution >= 4 is 34.9 Å². The maximum atomic E-state index is 13.5. The summed E-state index contributed by atoms with van der Waals surface area (Å²) in [6.45, 7) is 8.03. The summed E-state index contributed by atoms with van der Waals surface area (Å²) in [5, 5.41) is 5.34. The van der Waals surface area contributed by atoms with Gasteiger partial charge in [-0.3, -0.25) is 0 Å². The van der Waals surface area contributed by atoms with E-state index in [1.807, 2.05) is 18.2 Å². The molecular weight excluding hydrogens is 418 g/mol. The van der Waals surface area contributed by atoms with Gasteiger partial charge in [0.05, 0.1) is 5.52 Å². The zero-order valence-electron chi connectivity index (χ0n) is 15.0. The van der Waals surface area contributed by atoms with Gasteiger partial charge >= 0.3 is 0 Å². The third kappa shape index (κ3) is 4.58. The fraction of sp³-hybridized carbons (Fsp3) is 0.316. The third-order valence-electron chi connectivity index (χ3n) is 4.11. The largest absolute Gasteiger partial charge is 0.360 e. The Morgan fingerprint density at radius 2 is 1.73 bits per heavy atom. The van der Waals surface area contributed by atoms with Crippen molar-refractivity contribution in [3.63, 3.8) is 0 Å². The normalized spacial score (nSPS) is 12.1. The number of hydrogen-bond donors (Lipinski definition) is 0. The van der Waals surface area contributed by atoms with Crippen molar-refractivity contribution in [1.29, 1.82) is 0 Å². The number of benzene rings is 2. The summed E-state index contributed by atoms with van der Waals surface area (Å²) >= 11 is 3.47. The summed E-state index contributed by atoms with van der Waals surface area (Å²) in [7, 11) is -1.12. The molecule has 0 aliphatic heterocycles. The van der Waals surface area contributed by atoms with Gasteiger partial charge in [-0.05, 0) is 57.4 Å². The number of fused-ring (bicyclic) bond motifs is 1. The predicted octanol–water partition coefficient (Wildman–Crippen LogP) is 6.06.